The first-order chi connectivity index (χ1) is 11.3. The van der Waals surface area contributed by atoms with Gasteiger partial charge in [-0.2, -0.15) is 0 Å². The second-order valence-electron chi connectivity index (χ2n) is 6.48. The molecular weight excluding hydrogens is 374 g/mol. The van der Waals surface area contributed by atoms with Gasteiger partial charge in [-0.05, 0) is 25.7 Å². The summed E-state index contributed by atoms with van der Waals surface area (Å²) in [4.78, 5) is 4.00. The average molecular weight is 410 g/mol. The lowest BCUT2D eigenvalue weighted by Gasteiger charge is -2.13. The molecule has 0 aliphatic carbocycles. The summed E-state index contributed by atoms with van der Waals surface area (Å²) in [5.74, 6) is 2.25. The van der Waals surface area contributed by atoms with Crippen LogP contribution in [0.25, 0.3) is 0 Å². The Balaban J connectivity index is 3.37. The molecule has 0 aromatic rings. The fourth-order valence-electron chi connectivity index (χ4n) is 2.09. The molecule has 0 bridgehead atoms. The zero-order chi connectivity index (χ0) is 18.4. The number of hydrogen-bond acceptors (Lipinski definition) is 5. The summed E-state index contributed by atoms with van der Waals surface area (Å²) in [6.07, 6.45) is 9.77. The summed E-state index contributed by atoms with van der Waals surface area (Å²) in [5.41, 5.74) is 6.21. The fourth-order valence-corrected chi connectivity index (χ4v) is 4.15. The Bertz CT molecular complexity index is 317. The lowest BCUT2D eigenvalue weighted by Crippen LogP contribution is -2.19. The number of nitrogens with zero attached hydrogens (tertiary/aromatic N) is 2. The maximum absolute atomic E-state index is 6.21. The van der Waals surface area contributed by atoms with E-state index in [2.05, 4.69) is 0 Å². The fraction of sp³-hybridized carbons (Fsp3) is 0.882. The normalized spacial score (nSPS) is 10.9. The van der Waals surface area contributed by atoms with Crippen LogP contribution in [0.15, 0.2) is 0 Å². The summed E-state index contributed by atoms with van der Waals surface area (Å²) in [7, 11) is 8.01. The van der Waals surface area contributed by atoms with E-state index >= 15 is 0 Å². The second kappa shape index (κ2) is 15.7. The van der Waals surface area contributed by atoms with Gasteiger partial charge in [0.05, 0.1) is 0 Å². The molecule has 0 aromatic heterocycles. The number of unbranched alkanes of at least 4 members (excludes halogenated alkanes) is 4. The van der Waals surface area contributed by atoms with Crippen molar-refractivity contribution in [2.24, 2.45) is 5.73 Å². The van der Waals surface area contributed by atoms with Crippen LogP contribution in [0.5, 0.6) is 0 Å². The molecule has 0 saturated carbocycles. The lowest BCUT2D eigenvalue weighted by molar-refractivity contribution is 0.504. The lowest BCUT2D eigenvalue weighted by atomic mass is 10.0. The summed E-state index contributed by atoms with van der Waals surface area (Å²) < 4.78 is 1.97. The van der Waals surface area contributed by atoms with Crippen molar-refractivity contribution in [1.82, 2.24) is 9.80 Å². The zero-order valence-corrected chi connectivity index (χ0v) is 19.0. The van der Waals surface area contributed by atoms with Gasteiger partial charge in [-0.15, -0.1) is 0 Å². The molecule has 0 saturated heterocycles. The van der Waals surface area contributed by atoms with Crippen LogP contribution in [-0.4, -0.2) is 64.2 Å². The Labute approximate surface area is 168 Å². The van der Waals surface area contributed by atoms with Gasteiger partial charge in [0.1, 0.15) is 8.64 Å². The monoisotopic (exact) mass is 409 g/mol. The van der Waals surface area contributed by atoms with Crippen molar-refractivity contribution in [2.45, 2.75) is 57.4 Å². The van der Waals surface area contributed by atoms with E-state index in [-0.39, 0.29) is 0 Å². The van der Waals surface area contributed by atoms with E-state index in [1.165, 1.54) is 38.5 Å². The summed E-state index contributed by atoms with van der Waals surface area (Å²) in [6.45, 7) is 0. The minimum atomic E-state index is 0.371. The van der Waals surface area contributed by atoms with E-state index in [0.717, 1.165) is 33.0 Å². The van der Waals surface area contributed by atoms with Gasteiger partial charge in [-0.3, -0.25) is 0 Å². The van der Waals surface area contributed by atoms with Gasteiger partial charge in [0.2, 0.25) is 0 Å². The first-order valence-electron chi connectivity index (χ1n) is 8.78. The molecule has 142 valence electrons. The van der Waals surface area contributed by atoms with Crippen LogP contribution in [0.3, 0.4) is 0 Å². The van der Waals surface area contributed by atoms with E-state index in [9.17, 15) is 0 Å². The Morgan fingerprint density at radius 3 is 1.46 bits per heavy atom. The Morgan fingerprint density at radius 2 is 1.12 bits per heavy atom. The highest BCUT2D eigenvalue weighted by Crippen LogP contribution is 2.15. The van der Waals surface area contributed by atoms with E-state index in [1.54, 1.807) is 23.5 Å². The van der Waals surface area contributed by atoms with Crippen molar-refractivity contribution in [3.8, 4) is 0 Å². The van der Waals surface area contributed by atoms with Crippen LogP contribution < -0.4 is 5.73 Å². The molecule has 0 fully saturated rings. The molecule has 0 radical (unpaired) electrons. The van der Waals surface area contributed by atoms with Crippen LogP contribution in [-0.2, 0) is 0 Å². The summed E-state index contributed by atoms with van der Waals surface area (Å²) in [5, 5.41) is 0. The molecule has 0 atom stereocenters. The van der Waals surface area contributed by atoms with Crippen molar-refractivity contribution in [2.75, 3.05) is 39.7 Å². The highest BCUT2D eigenvalue weighted by atomic mass is 32.2. The van der Waals surface area contributed by atoms with Gasteiger partial charge in [-0.25, -0.2) is 0 Å². The van der Waals surface area contributed by atoms with Gasteiger partial charge >= 0.3 is 0 Å². The Morgan fingerprint density at radius 1 is 0.750 bits per heavy atom. The topological polar surface area (TPSA) is 32.5 Å². The standard InChI is InChI=1S/C17H35N3S4/c1-19(2)16(21)23-13-9-5-7-11-15(18)12-8-6-10-14-24-17(22)20(3)4/h15H,5-14,18H2,1-4H3. The largest absolute Gasteiger partial charge is 0.364 e. The van der Waals surface area contributed by atoms with E-state index in [1.807, 2.05) is 38.0 Å². The first kappa shape index (κ1) is 24.4. The highest BCUT2D eigenvalue weighted by Gasteiger charge is 2.04. The van der Waals surface area contributed by atoms with Crippen molar-refractivity contribution in [1.29, 1.82) is 0 Å². The maximum Gasteiger partial charge on any atom is 0.135 e. The van der Waals surface area contributed by atoms with Crippen LogP contribution in [0, 0.1) is 0 Å². The van der Waals surface area contributed by atoms with Crippen molar-refractivity contribution < 1.29 is 0 Å². The second-order valence-corrected chi connectivity index (χ2v) is 9.93. The SMILES string of the molecule is CN(C)C(=S)SCCCCCC(N)CCCCCSC(=S)N(C)C. The van der Waals surface area contributed by atoms with Gasteiger partial charge in [0.15, 0.2) is 0 Å². The minimum Gasteiger partial charge on any atom is -0.364 e. The molecule has 0 spiro atoms. The average Bonchev–Trinajstić information content (AvgIpc) is 2.53. The van der Waals surface area contributed by atoms with Gasteiger partial charge in [-0.1, -0.05) is 73.6 Å². The Hall–Kier alpha value is 0.440. The quantitative estimate of drug-likeness (QED) is 0.373. The molecule has 0 unspecified atom stereocenters. The number of rotatable bonds is 12. The van der Waals surface area contributed by atoms with Crippen molar-refractivity contribution >= 4 is 56.6 Å². The first-order valence-corrected chi connectivity index (χ1v) is 11.6. The van der Waals surface area contributed by atoms with E-state index in [4.69, 9.17) is 30.2 Å². The van der Waals surface area contributed by atoms with Crippen LogP contribution in [0.2, 0.25) is 0 Å². The van der Waals surface area contributed by atoms with E-state index in [0.29, 0.717) is 6.04 Å². The van der Waals surface area contributed by atoms with Crippen LogP contribution in [0.4, 0.5) is 0 Å². The number of hydrogen-bond donors (Lipinski definition) is 1. The third kappa shape index (κ3) is 14.8. The molecule has 0 rings (SSSR count). The molecule has 2 N–H and O–H groups in total. The van der Waals surface area contributed by atoms with Gasteiger partial charge < -0.3 is 15.5 Å². The number of thiocarbonyl (C=S) groups is 2. The molecule has 7 heteroatoms. The van der Waals surface area contributed by atoms with Crippen molar-refractivity contribution in [3.05, 3.63) is 0 Å². The molecule has 0 heterocycles. The van der Waals surface area contributed by atoms with E-state index < -0.39 is 0 Å². The molecule has 0 aromatic carbocycles. The van der Waals surface area contributed by atoms with Gasteiger partial charge in [0.25, 0.3) is 0 Å². The molecule has 0 aliphatic rings. The Kier molecular flexibility index (Phi) is 16.0. The van der Waals surface area contributed by atoms with Crippen LogP contribution >= 0.6 is 48.0 Å². The zero-order valence-electron chi connectivity index (χ0n) is 15.8. The van der Waals surface area contributed by atoms with Crippen molar-refractivity contribution in [3.63, 3.8) is 0 Å². The summed E-state index contributed by atoms with van der Waals surface area (Å²) in [6, 6.07) is 0.371. The molecule has 3 nitrogen and oxygen atoms in total. The highest BCUT2D eigenvalue weighted by molar-refractivity contribution is 8.23. The number of thioether (sulfide) groups is 2. The summed E-state index contributed by atoms with van der Waals surface area (Å²) >= 11 is 14.1. The minimum absolute atomic E-state index is 0.371. The molecule has 0 aliphatic heterocycles. The molecule has 0 amide bonds. The predicted octanol–water partition coefficient (Wildman–Crippen LogP) is 4.59. The maximum atomic E-state index is 6.21. The predicted molar refractivity (Wildman–Crippen MR) is 122 cm³/mol. The smallest absolute Gasteiger partial charge is 0.135 e. The van der Waals surface area contributed by atoms with Gasteiger partial charge in [0, 0.05) is 45.7 Å². The third-order valence-corrected chi connectivity index (χ3v) is 7.27. The van der Waals surface area contributed by atoms with Crippen LogP contribution in [0.1, 0.15) is 51.4 Å². The molecular formula is C17H35N3S4. The molecule has 24 heavy (non-hydrogen) atoms. The number of nitrogens with two attached hydrogens (primary N) is 1. The third-order valence-electron chi connectivity index (χ3n) is 3.62.